The maximum Gasteiger partial charge on any atom is 1.00 e. The molecule has 0 spiro atoms. The van der Waals surface area contributed by atoms with Gasteiger partial charge in [-0.05, 0) is 48.4 Å². The molecule has 2 aromatic rings. The summed E-state index contributed by atoms with van der Waals surface area (Å²) in [4.78, 5) is 48.4. The van der Waals surface area contributed by atoms with Gasteiger partial charge in [0.05, 0.1) is 21.4 Å². The number of amides is 3. The molecule has 3 aliphatic rings. The van der Waals surface area contributed by atoms with E-state index in [-0.39, 0.29) is 70.3 Å². The number of carboxylic acids is 1. The van der Waals surface area contributed by atoms with Crippen LogP contribution in [0.4, 0.5) is 5.69 Å². The third-order valence-electron chi connectivity index (χ3n) is 7.71. The van der Waals surface area contributed by atoms with Crippen LogP contribution in [0.5, 0.6) is 0 Å². The first kappa shape index (κ1) is 41.2. The largest absolute Gasteiger partial charge is 1.00 e. The summed E-state index contributed by atoms with van der Waals surface area (Å²) in [5.41, 5.74) is 3.44. The molecule has 274 valence electrons. The van der Waals surface area contributed by atoms with Crippen LogP contribution >= 0.6 is 0 Å². The fraction of sp³-hybridized carbons (Fsp3) is 0.167. The SMILES string of the molecule is Nc1ccc2c(-c3cc(C(=O)NCCN4C(=O)C=CC4=O)ccc3C(=O)O)c3ccc(=[NH2+])c(S(=O)(=O)[O-])c-3oc2c1S(=O)(=O)NCCCS(=O)(=O)[O-].[Na+]. The average molecular weight is 800 g/mol. The van der Waals surface area contributed by atoms with Crippen molar-refractivity contribution in [2.45, 2.75) is 16.2 Å². The number of fused-ring (bicyclic) bond motifs is 2. The van der Waals surface area contributed by atoms with Crippen molar-refractivity contribution in [3.8, 4) is 22.5 Å². The van der Waals surface area contributed by atoms with Crippen molar-refractivity contribution in [1.29, 1.82) is 0 Å². The first-order chi connectivity index (χ1) is 24.2. The van der Waals surface area contributed by atoms with Crippen LogP contribution in [0.25, 0.3) is 33.4 Å². The number of carbonyl (C=O) groups excluding carboxylic acids is 3. The number of hydrogen-bond acceptors (Lipinski definition) is 14. The van der Waals surface area contributed by atoms with Crippen molar-refractivity contribution >= 4 is 70.6 Å². The van der Waals surface area contributed by atoms with E-state index in [4.69, 9.17) is 15.6 Å². The van der Waals surface area contributed by atoms with E-state index in [1.165, 1.54) is 12.1 Å². The second-order valence-electron chi connectivity index (χ2n) is 11.1. The van der Waals surface area contributed by atoms with Gasteiger partial charge in [0.2, 0.25) is 15.4 Å². The van der Waals surface area contributed by atoms with Crippen molar-refractivity contribution in [1.82, 2.24) is 14.9 Å². The Morgan fingerprint density at radius 1 is 0.906 bits per heavy atom. The molecule has 0 unspecified atom stereocenters. The minimum Gasteiger partial charge on any atom is -0.748 e. The number of benzene rings is 3. The quantitative estimate of drug-likeness (QED) is 0.0211. The molecule has 2 heterocycles. The standard InChI is InChI=1S/C30H27N5O14S3.Na/c31-20-6-4-17-24(19-14-15(2-3-16(19)30(39)40)29(38)33-11-12-35-22(36)8-9-23(35)37)18-5-7-21(32)28(52(46,47)48)26(18)49-25(17)27(20)51(44,45)34-10-1-13-50(41,42)43;/h2-9,14,32,34H,1,10-13,31H2,(H,33,38)(H,39,40)(H,41,42,43)(H,46,47,48);/q;+1/p-1. The Morgan fingerprint density at radius 3 is 2.17 bits per heavy atom. The van der Waals surface area contributed by atoms with Gasteiger partial charge in [-0.1, -0.05) is 0 Å². The van der Waals surface area contributed by atoms with E-state index in [1.807, 2.05) is 0 Å². The van der Waals surface area contributed by atoms with Crippen molar-refractivity contribution in [2.24, 2.45) is 0 Å². The molecular weight excluding hydrogens is 774 g/mol. The van der Waals surface area contributed by atoms with Crippen LogP contribution in [0.1, 0.15) is 27.1 Å². The number of imide groups is 1. The third-order valence-corrected chi connectivity index (χ3v) is 11.0. The number of sulfonamides is 1. The molecule has 23 heteroatoms. The van der Waals surface area contributed by atoms with E-state index >= 15 is 0 Å². The molecule has 53 heavy (non-hydrogen) atoms. The third kappa shape index (κ3) is 8.66. The van der Waals surface area contributed by atoms with Crippen LogP contribution in [-0.2, 0) is 39.8 Å². The Hall–Kier alpha value is -4.52. The molecule has 0 atom stereocenters. The van der Waals surface area contributed by atoms with Gasteiger partial charge in [0, 0.05) is 65.7 Å². The minimum atomic E-state index is -5.48. The van der Waals surface area contributed by atoms with Crippen molar-refractivity contribution in [2.75, 3.05) is 31.1 Å². The predicted octanol–water partition coefficient (Wildman–Crippen LogP) is -5.08. The number of nitrogens with one attached hydrogen (secondary N) is 2. The molecule has 0 saturated carbocycles. The summed E-state index contributed by atoms with van der Waals surface area (Å²) in [5.74, 6) is -5.24. The predicted molar refractivity (Wildman–Crippen MR) is 175 cm³/mol. The molecule has 19 nitrogen and oxygen atoms in total. The van der Waals surface area contributed by atoms with Crippen LogP contribution in [0.3, 0.4) is 0 Å². The zero-order chi connectivity index (χ0) is 38.3. The number of rotatable bonds is 13. The zero-order valence-electron chi connectivity index (χ0n) is 27.3. The number of carbonyl (C=O) groups is 4. The van der Waals surface area contributed by atoms with Gasteiger partial charge in [0.1, 0.15) is 15.0 Å². The van der Waals surface area contributed by atoms with E-state index in [2.05, 4.69) is 10.0 Å². The molecule has 2 aromatic carbocycles. The summed E-state index contributed by atoms with van der Waals surface area (Å²) >= 11 is 0. The molecule has 0 fully saturated rings. The first-order valence-corrected chi connectivity index (χ1v) is 19.2. The van der Waals surface area contributed by atoms with E-state index in [0.717, 1.165) is 47.4 Å². The van der Waals surface area contributed by atoms with Crippen molar-refractivity contribution in [3.63, 3.8) is 0 Å². The summed E-state index contributed by atoms with van der Waals surface area (Å²) in [6.45, 7) is -0.980. The van der Waals surface area contributed by atoms with Gasteiger partial charge < -0.3 is 29.7 Å². The number of nitrogens with two attached hydrogens (primary N) is 2. The molecule has 1 aliphatic carbocycles. The first-order valence-electron chi connectivity index (χ1n) is 14.7. The van der Waals surface area contributed by atoms with Crippen LogP contribution in [0.2, 0.25) is 0 Å². The summed E-state index contributed by atoms with van der Waals surface area (Å²) < 4.78 is 106. The second-order valence-corrected chi connectivity index (χ2v) is 15.7. The van der Waals surface area contributed by atoms with Gasteiger partial charge in [-0.3, -0.25) is 24.7 Å². The fourth-order valence-electron chi connectivity index (χ4n) is 5.47. The zero-order valence-corrected chi connectivity index (χ0v) is 31.8. The van der Waals surface area contributed by atoms with Gasteiger partial charge in [-0.15, -0.1) is 0 Å². The van der Waals surface area contributed by atoms with Gasteiger partial charge in [-0.2, -0.15) is 0 Å². The van der Waals surface area contributed by atoms with Crippen molar-refractivity contribution < 1.29 is 98.0 Å². The Balaban J connectivity index is 0.00000627. The number of hydrogen-bond donors (Lipinski definition) is 5. The van der Waals surface area contributed by atoms with Crippen molar-refractivity contribution in [3.05, 3.63) is 71.1 Å². The summed E-state index contributed by atoms with van der Waals surface area (Å²) in [5, 5.41) is 17.7. The van der Waals surface area contributed by atoms with Gasteiger partial charge in [0.25, 0.3) is 17.7 Å². The monoisotopic (exact) mass is 799 g/mol. The van der Waals surface area contributed by atoms with E-state index in [9.17, 15) is 58.6 Å². The van der Waals surface area contributed by atoms with Crippen LogP contribution < -0.4 is 56.1 Å². The fourth-order valence-corrected chi connectivity index (χ4v) is 8.03. The topological polar surface area (TPSA) is 329 Å². The molecular formula is C30H26N5NaO14S3. The number of nitrogen functional groups attached to an aromatic ring is 1. The Bertz CT molecular complexity index is 2590. The molecule has 0 bridgehead atoms. The smallest absolute Gasteiger partial charge is 0.748 e. The van der Waals surface area contributed by atoms with Crippen LogP contribution in [0.15, 0.2) is 68.8 Å². The summed E-state index contributed by atoms with van der Waals surface area (Å²) in [6, 6.07) is 7.78. The molecule has 5 rings (SSSR count). The van der Waals surface area contributed by atoms with Gasteiger partial charge >= 0.3 is 35.5 Å². The molecule has 2 aliphatic heterocycles. The Labute approximate surface area is 322 Å². The minimum absolute atomic E-state index is 0. The second kappa shape index (κ2) is 15.5. The van der Waals surface area contributed by atoms with Crippen LogP contribution in [-0.4, -0.2) is 93.4 Å². The molecule has 0 saturated heterocycles. The molecule has 0 aromatic heterocycles. The van der Waals surface area contributed by atoms with Gasteiger partial charge in [-0.25, -0.2) is 34.8 Å². The maximum atomic E-state index is 13.6. The average Bonchev–Trinajstić information content (AvgIpc) is 3.36. The Kier molecular flexibility index (Phi) is 12.0. The summed E-state index contributed by atoms with van der Waals surface area (Å²) in [6.07, 6.45) is 1.66. The number of carboxylic acid groups (broad SMARTS) is 1. The molecule has 3 amide bonds. The number of anilines is 1. The van der Waals surface area contributed by atoms with Gasteiger partial charge in [0.15, 0.2) is 16.2 Å². The number of aromatic carboxylic acids is 1. The molecule has 7 N–H and O–H groups in total. The van der Waals surface area contributed by atoms with E-state index in [1.54, 1.807) is 0 Å². The maximum absolute atomic E-state index is 13.6. The normalized spacial score (nSPS) is 13.4. The summed E-state index contributed by atoms with van der Waals surface area (Å²) in [7, 11) is -15.0. The Morgan fingerprint density at radius 2 is 1.57 bits per heavy atom. The molecule has 0 radical (unpaired) electrons. The van der Waals surface area contributed by atoms with Crippen LogP contribution in [0, 0.1) is 0 Å². The van der Waals surface area contributed by atoms with E-state index in [0.29, 0.717) is 0 Å². The van der Waals surface area contributed by atoms with E-state index < -0.39 is 110 Å². The number of nitrogens with zero attached hydrogens (tertiary/aromatic N) is 1.